The molecule has 2 nitrogen and oxygen atoms in total. The number of anilines is 1. The quantitative estimate of drug-likeness (QED) is 0.899. The molecule has 1 aromatic heterocycles. The van der Waals surface area contributed by atoms with E-state index in [2.05, 4.69) is 28.6 Å². The summed E-state index contributed by atoms with van der Waals surface area (Å²) in [7, 11) is 0. The third-order valence-corrected chi connectivity index (χ3v) is 5.22. The first kappa shape index (κ1) is 13.9. The first-order valence-corrected chi connectivity index (χ1v) is 8.29. The molecular formula is C16H19ClN2S. The van der Waals surface area contributed by atoms with Crippen LogP contribution >= 0.6 is 22.9 Å². The minimum Gasteiger partial charge on any atom is -0.384 e. The van der Waals surface area contributed by atoms with Gasteiger partial charge < -0.3 is 5.32 Å². The molecule has 2 aromatic rings. The number of rotatable bonds is 4. The van der Waals surface area contributed by atoms with Crippen molar-refractivity contribution in [2.75, 3.05) is 25.0 Å². The third kappa shape index (κ3) is 3.00. The maximum Gasteiger partial charge on any atom is 0.0407 e. The zero-order chi connectivity index (χ0) is 13.9. The Morgan fingerprint density at radius 2 is 2.10 bits per heavy atom. The second-order valence-electron chi connectivity index (χ2n) is 5.19. The molecular weight excluding hydrogens is 288 g/mol. The fourth-order valence-electron chi connectivity index (χ4n) is 2.78. The first-order chi connectivity index (χ1) is 9.74. The highest BCUT2D eigenvalue weighted by Crippen LogP contribution is 2.32. The fourth-order valence-corrected chi connectivity index (χ4v) is 3.87. The predicted molar refractivity (Wildman–Crippen MR) is 88.0 cm³/mol. The minimum absolute atomic E-state index is 0.539. The van der Waals surface area contributed by atoms with E-state index in [0.717, 1.165) is 30.3 Å². The average molecular weight is 307 g/mol. The molecule has 0 radical (unpaired) electrons. The van der Waals surface area contributed by atoms with Crippen LogP contribution in [0.15, 0.2) is 35.7 Å². The summed E-state index contributed by atoms with van der Waals surface area (Å²) in [5, 5.41) is 6.46. The second kappa shape index (κ2) is 6.17. The lowest BCUT2D eigenvalue weighted by Crippen LogP contribution is -2.36. The van der Waals surface area contributed by atoms with Crippen molar-refractivity contribution in [2.24, 2.45) is 0 Å². The minimum atomic E-state index is 0.539. The van der Waals surface area contributed by atoms with Crippen LogP contribution in [0.5, 0.6) is 0 Å². The van der Waals surface area contributed by atoms with E-state index in [1.807, 2.05) is 35.6 Å². The molecule has 0 spiro atoms. The van der Waals surface area contributed by atoms with Gasteiger partial charge in [-0.25, -0.2) is 0 Å². The van der Waals surface area contributed by atoms with Gasteiger partial charge in [0.2, 0.25) is 0 Å². The largest absolute Gasteiger partial charge is 0.384 e. The van der Waals surface area contributed by atoms with Gasteiger partial charge in [-0.3, -0.25) is 4.90 Å². The van der Waals surface area contributed by atoms with Crippen molar-refractivity contribution in [3.63, 3.8) is 0 Å². The first-order valence-electron chi connectivity index (χ1n) is 7.04. The van der Waals surface area contributed by atoms with E-state index >= 15 is 0 Å². The van der Waals surface area contributed by atoms with Gasteiger partial charge in [0.15, 0.2) is 0 Å². The zero-order valence-corrected chi connectivity index (χ0v) is 13.2. The van der Waals surface area contributed by atoms with Gasteiger partial charge in [0.1, 0.15) is 0 Å². The zero-order valence-electron chi connectivity index (χ0n) is 11.6. The SMILES string of the molecule is CC1c2ccsc2CCN1CCNc1ccc(Cl)cc1. The number of halogens is 1. The highest BCUT2D eigenvalue weighted by molar-refractivity contribution is 7.10. The summed E-state index contributed by atoms with van der Waals surface area (Å²) in [6, 6.07) is 10.7. The summed E-state index contributed by atoms with van der Waals surface area (Å²) < 4.78 is 0. The maximum atomic E-state index is 5.89. The molecule has 3 rings (SSSR count). The summed E-state index contributed by atoms with van der Waals surface area (Å²) in [5.74, 6) is 0. The summed E-state index contributed by atoms with van der Waals surface area (Å²) in [6.07, 6.45) is 1.19. The van der Waals surface area contributed by atoms with E-state index in [4.69, 9.17) is 11.6 Å². The Balaban J connectivity index is 1.53. The summed E-state index contributed by atoms with van der Waals surface area (Å²) in [5.41, 5.74) is 2.66. The van der Waals surface area contributed by atoms with Crippen LogP contribution in [0.2, 0.25) is 5.02 Å². The summed E-state index contributed by atoms with van der Waals surface area (Å²) in [6.45, 7) is 5.51. The van der Waals surface area contributed by atoms with Gasteiger partial charge >= 0.3 is 0 Å². The van der Waals surface area contributed by atoms with E-state index in [1.165, 1.54) is 12.0 Å². The molecule has 0 aliphatic carbocycles. The molecule has 0 saturated carbocycles. The van der Waals surface area contributed by atoms with Crippen molar-refractivity contribution in [3.8, 4) is 0 Å². The molecule has 0 amide bonds. The third-order valence-electron chi connectivity index (χ3n) is 3.98. The molecule has 1 aliphatic heterocycles. The Labute approximate surface area is 129 Å². The number of hydrogen-bond acceptors (Lipinski definition) is 3. The molecule has 1 aliphatic rings. The molecule has 0 saturated heterocycles. The van der Waals surface area contributed by atoms with Gasteiger partial charge in [0.25, 0.3) is 0 Å². The van der Waals surface area contributed by atoms with Crippen LogP contribution in [-0.4, -0.2) is 24.5 Å². The van der Waals surface area contributed by atoms with Crippen molar-refractivity contribution in [2.45, 2.75) is 19.4 Å². The topological polar surface area (TPSA) is 15.3 Å². The average Bonchev–Trinajstić information content (AvgIpc) is 2.93. The Kier molecular flexibility index (Phi) is 4.29. The van der Waals surface area contributed by atoms with Gasteiger partial charge in [0.05, 0.1) is 0 Å². The molecule has 4 heteroatoms. The Bertz CT molecular complexity index is 564. The van der Waals surface area contributed by atoms with Crippen LogP contribution < -0.4 is 5.32 Å². The second-order valence-corrected chi connectivity index (χ2v) is 6.63. The van der Waals surface area contributed by atoms with Crippen molar-refractivity contribution in [3.05, 3.63) is 51.2 Å². The smallest absolute Gasteiger partial charge is 0.0407 e. The van der Waals surface area contributed by atoms with E-state index in [1.54, 1.807) is 4.88 Å². The Morgan fingerprint density at radius 1 is 1.30 bits per heavy atom. The fraction of sp³-hybridized carbons (Fsp3) is 0.375. The summed E-state index contributed by atoms with van der Waals surface area (Å²) >= 11 is 7.79. The molecule has 2 heterocycles. The molecule has 20 heavy (non-hydrogen) atoms. The molecule has 1 N–H and O–H groups in total. The van der Waals surface area contributed by atoms with Crippen LogP contribution in [0.3, 0.4) is 0 Å². The normalized spacial score (nSPS) is 18.8. The van der Waals surface area contributed by atoms with Crippen LogP contribution in [0.25, 0.3) is 0 Å². The van der Waals surface area contributed by atoms with Crippen molar-refractivity contribution in [1.82, 2.24) is 4.90 Å². The van der Waals surface area contributed by atoms with Gasteiger partial charge in [-0.05, 0) is 54.6 Å². The van der Waals surface area contributed by atoms with Crippen molar-refractivity contribution >= 4 is 28.6 Å². The van der Waals surface area contributed by atoms with E-state index in [0.29, 0.717) is 6.04 Å². The van der Waals surface area contributed by atoms with Crippen LogP contribution in [0, 0.1) is 0 Å². The highest BCUT2D eigenvalue weighted by atomic mass is 35.5. The number of benzene rings is 1. The lowest BCUT2D eigenvalue weighted by atomic mass is 10.0. The van der Waals surface area contributed by atoms with E-state index in [9.17, 15) is 0 Å². The number of fused-ring (bicyclic) bond motifs is 1. The van der Waals surface area contributed by atoms with Crippen molar-refractivity contribution in [1.29, 1.82) is 0 Å². The van der Waals surface area contributed by atoms with Gasteiger partial charge in [-0.1, -0.05) is 11.6 Å². The molecule has 0 bridgehead atoms. The molecule has 1 aromatic carbocycles. The monoisotopic (exact) mass is 306 g/mol. The lowest BCUT2D eigenvalue weighted by Gasteiger charge is -2.33. The van der Waals surface area contributed by atoms with Gasteiger partial charge in [0, 0.05) is 41.3 Å². The molecule has 1 atom stereocenters. The summed E-state index contributed by atoms with van der Waals surface area (Å²) in [4.78, 5) is 4.12. The van der Waals surface area contributed by atoms with Crippen LogP contribution in [0.1, 0.15) is 23.4 Å². The number of hydrogen-bond donors (Lipinski definition) is 1. The number of nitrogens with one attached hydrogen (secondary N) is 1. The lowest BCUT2D eigenvalue weighted by molar-refractivity contribution is 0.208. The van der Waals surface area contributed by atoms with Crippen LogP contribution in [0.4, 0.5) is 5.69 Å². The molecule has 1 unspecified atom stereocenters. The molecule has 106 valence electrons. The van der Waals surface area contributed by atoms with Gasteiger partial charge in [-0.2, -0.15) is 0 Å². The Hall–Kier alpha value is -1.03. The van der Waals surface area contributed by atoms with E-state index < -0.39 is 0 Å². The van der Waals surface area contributed by atoms with Crippen molar-refractivity contribution < 1.29 is 0 Å². The number of nitrogens with zero attached hydrogens (tertiary/aromatic N) is 1. The van der Waals surface area contributed by atoms with E-state index in [-0.39, 0.29) is 0 Å². The number of thiophene rings is 1. The maximum absolute atomic E-state index is 5.89. The predicted octanol–water partition coefficient (Wildman–Crippen LogP) is 4.43. The highest BCUT2D eigenvalue weighted by Gasteiger charge is 2.23. The van der Waals surface area contributed by atoms with Gasteiger partial charge in [-0.15, -0.1) is 11.3 Å². The Morgan fingerprint density at radius 3 is 2.90 bits per heavy atom. The van der Waals surface area contributed by atoms with Crippen LogP contribution in [-0.2, 0) is 6.42 Å². The molecule has 0 fully saturated rings. The standard InChI is InChI=1S/C16H19ClN2S/c1-12-15-7-11-20-16(15)6-9-19(12)10-8-18-14-4-2-13(17)3-5-14/h2-5,7,11-12,18H,6,8-10H2,1H3.